The fourth-order valence-corrected chi connectivity index (χ4v) is 1.93. The van der Waals surface area contributed by atoms with E-state index in [2.05, 4.69) is 4.98 Å². The summed E-state index contributed by atoms with van der Waals surface area (Å²) < 4.78 is 4.03. The van der Waals surface area contributed by atoms with Gasteiger partial charge in [-0.15, -0.1) is 0 Å². The Balaban J connectivity index is 1.89. The molecule has 4 heteroatoms. The van der Waals surface area contributed by atoms with Crippen molar-refractivity contribution >= 4 is 5.65 Å². The van der Waals surface area contributed by atoms with Crippen LogP contribution in [0.3, 0.4) is 0 Å². The molecule has 0 amide bonds. The zero-order chi connectivity index (χ0) is 11.7. The van der Waals surface area contributed by atoms with Crippen LogP contribution in [0, 0.1) is 0 Å². The Morgan fingerprint density at radius 2 is 2.06 bits per heavy atom. The van der Waals surface area contributed by atoms with Crippen LogP contribution in [0.4, 0.5) is 0 Å². The quantitative estimate of drug-likeness (QED) is 0.739. The van der Waals surface area contributed by atoms with Gasteiger partial charge in [-0.05, 0) is 23.8 Å². The van der Waals surface area contributed by atoms with E-state index in [1.807, 2.05) is 58.0 Å². The van der Waals surface area contributed by atoms with Crippen LogP contribution in [-0.4, -0.2) is 19.1 Å². The van der Waals surface area contributed by atoms with E-state index in [0.29, 0.717) is 0 Å². The molecular formula is C13H13N3O. The van der Waals surface area contributed by atoms with Crippen molar-refractivity contribution in [1.29, 1.82) is 0 Å². The molecule has 0 aliphatic rings. The van der Waals surface area contributed by atoms with Crippen LogP contribution >= 0.6 is 0 Å². The summed E-state index contributed by atoms with van der Waals surface area (Å²) in [6.07, 6.45) is 7.90. The van der Waals surface area contributed by atoms with E-state index in [9.17, 15) is 0 Å². The maximum atomic E-state index is 9.00. The Labute approximate surface area is 98.8 Å². The number of nitrogens with zero attached hydrogens (tertiary/aromatic N) is 3. The first kappa shape index (κ1) is 10.1. The third-order valence-corrected chi connectivity index (χ3v) is 2.75. The van der Waals surface area contributed by atoms with E-state index in [1.165, 1.54) is 0 Å². The lowest BCUT2D eigenvalue weighted by Gasteiger charge is -1.97. The van der Waals surface area contributed by atoms with Gasteiger partial charge in [0.15, 0.2) is 0 Å². The first-order chi connectivity index (χ1) is 8.35. The molecule has 0 unspecified atom stereocenters. The minimum Gasteiger partial charge on any atom is -0.392 e. The lowest BCUT2D eigenvalue weighted by Crippen LogP contribution is -1.96. The molecule has 0 aliphatic heterocycles. The Bertz CT molecular complexity index is 606. The van der Waals surface area contributed by atoms with E-state index >= 15 is 0 Å². The Morgan fingerprint density at radius 1 is 1.12 bits per heavy atom. The van der Waals surface area contributed by atoms with Gasteiger partial charge in [0.25, 0.3) is 0 Å². The lowest BCUT2D eigenvalue weighted by molar-refractivity contribution is 0.282. The van der Waals surface area contributed by atoms with Gasteiger partial charge >= 0.3 is 0 Å². The van der Waals surface area contributed by atoms with Gasteiger partial charge in [-0.25, -0.2) is 4.98 Å². The van der Waals surface area contributed by atoms with Crippen LogP contribution in [0.1, 0.15) is 11.3 Å². The van der Waals surface area contributed by atoms with Gasteiger partial charge in [-0.3, -0.25) is 0 Å². The SMILES string of the molecule is OCc1ccn(Cc2cn3ccccc3n2)c1. The van der Waals surface area contributed by atoms with Crippen molar-refractivity contribution in [2.75, 3.05) is 0 Å². The maximum Gasteiger partial charge on any atom is 0.137 e. The number of aliphatic hydroxyl groups is 1. The summed E-state index contributed by atoms with van der Waals surface area (Å²) in [7, 11) is 0. The number of fused-ring (bicyclic) bond motifs is 1. The smallest absolute Gasteiger partial charge is 0.137 e. The zero-order valence-corrected chi connectivity index (χ0v) is 9.32. The van der Waals surface area contributed by atoms with Crippen LogP contribution in [0.15, 0.2) is 49.1 Å². The van der Waals surface area contributed by atoms with Gasteiger partial charge in [-0.2, -0.15) is 0 Å². The predicted molar refractivity (Wildman–Crippen MR) is 64.6 cm³/mol. The topological polar surface area (TPSA) is 42.5 Å². The number of rotatable bonds is 3. The Morgan fingerprint density at radius 3 is 2.82 bits per heavy atom. The summed E-state index contributed by atoms with van der Waals surface area (Å²) in [5.74, 6) is 0. The van der Waals surface area contributed by atoms with Gasteiger partial charge in [0.2, 0.25) is 0 Å². The minimum absolute atomic E-state index is 0.0815. The van der Waals surface area contributed by atoms with Crippen LogP contribution in [-0.2, 0) is 13.2 Å². The lowest BCUT2D eigenvalue weighted by atomic mass is 10.4. The highest BCUT2D eigenvalue weighted by molar-refractivity contribution is 5.39. The van der Waals surface area contributed by atoms with Crippen molar-refractivity contribution in [3.05, 3.63) is 60.3 Å². The van der Waals surface area contributed by atoms with Gasteiger partial charge in [-0.1, -0.05) is 6.07 Å². The van der Waals surface area contributed by atoms with E-state index in [-0.39, 0.29) is 6.61 Å². The molecule has 0 fully saturated rings. The normalized spacial score (nSPS) is 11.1. The van der Waals surface area contributed by atoms with Gasteiger partial charge in [0.1, 0.15) is 5.65 Å². The van der Waals surface area contributed by atoms with Crippen LogP contribution in [0.2, 0.25) is 0 Å². The second-order valence-electron chi connectivity index (χ2n) is 4.05. The molecule has 0 aliphatic carbocycles. The van der Waals surface area contributed by atoms with Crippen LogP contribution < -0.4 is 0 Å². The highest BCUT2D eigenvalue weighted by atomic mass is 16.3. The first-order valence-electron chi connectivity index (χ1n) is 5.53. The average molecular weight is 227 g/mol. The van der Waals surface area contributed by atoms with Crippen LogP contribution in [0.5, 0.6) is 0 Å². The van der Waals surface area contributed by atoms with E-state index in [1.54, 1.807) is 0 Å². The predicted octanol–water partition coefficient (Wildman–Crippen LogP) is 1.68. The summed E-state index contributed by atoms with van der Waals surface area (Å²) in [6.45, 7) is 0.805. The number of aliphatic hydroxyl groups excluding tert-OH is 1. The zero-order valence-electron chi connectivity index (χ0n) is 9.32. The molecule has 1 N–H and O–H groups in total. The van der Waals surface area contributed by atoms with Crippen molar-refractivity contribution in [3.63, 3.8) is 0 Å². The van der Waals surface area contributed by atoms with Crippen molar-refractivity contribution < 1.29 is 5.11 Å². The largest absolute Gasteiger partial charge is 0.392 e. The first-order valence-corrected chi connectivity index (χ1v) is 5.53. The molecule has 0 radical (unpaired) electrons. The van der Waals surface area contributed by atoms with Crippen molar-refractivity contribution in [1.82, 2.24) is 14.0 Å². The molecule has 0 bridgehead atoms. The average Bonchev–Trinajstić information content (AvgIpc) is 2.94. The molecule has 3 heterocycles. The second kappa shape index (κ2) is 4.07. The molecule has 17 heavy (non-hydrogen) atoms. The molecule has 0 atom stereocenters. The highest BCUT2D eigenvalue weighted by Gasteiger charge is 2.02. The Hall–Kier alpha value is -2.07. The summed E-state index contributed by atoms with van der Waals surface area (Å²) >= 11 is 0. The molecule has 3 rings (SSSR count). The van der Waals surface area contributed by atoms with Gasteiger partial charge in [0, 0.05) is 24.8 Å². The number of hydrogen-bond donors (Lipinski definition) is 1. The molecule has 0 spiro atoms. The highest BCUT2D eigenvalue weighted by Crippen LogP contribution is 2.08. The monoisotopic (exact) mass is 227 g/mol. The van der Waals surface area contributed by atoms with Crippen molar-refractivity contribution in [3.8, 4) is 0 Å². The minimum atomic E-state index is 0.0815. The second-order valence-corrected chi connectivity index (χ2v) is 4.05. The summed E-state index contributed by atoms with van der Waals surface area (Å²) in [4.78, 5) is 4.52. The summed E-state index contributed by atoms with van der Waals surface area (Å²) in [5, 5.41) is 9.00. The third kappa shape index (κ3) is 1.94. The Kier molecular flexibility index (Phi) is 2.42. The summed E-state index contributed by atoms with van der Waals surface area (Å²) in [5.41, 5.74) is 2.89. The standard InChI is InChI=1S/C13H13N3O/c17-10-11-4-6-15(7-11)8-12-9-16-5-2-1-3-13(16)14-12/h1-7,9,17H,8,10H2. The van der Waals surface area contributed by atoms with Gasteiger partial charge < -0.3 is 14.1 Å². The molecule has 0 saturated heterocycles. The molecule has 3 aromatic heterocycles. The number of pyridine rings is 1. The number of imidazole rings is 1. The molecule has 0 saturated carbocycles. The van der Waals surface area contributed by atoms with Gasteiger partial charge in [0.05, 0.1) is 18.8 Å². The van der Waals surface area contributed by atoms with E-state index < -0.39 is 0 Å². The maximum absolute atomic E-state index is 9.00. The molecule has 86 valence electrons. The number of aromatic nitrogens is 3. The van der Waals surface area contributed by atoms with Crippen molar-refractivity contribution in [2.45, 2.75) is 13.2 Å². The number of hydrogen-bond acceptors (Lipinski definition) is 2. The van der Waals surface area contributed by atoms with Crippen molar-refractivity contribution in [2.24, 2.45) is 0 Å². The fraction of sp³-hybridized carbons (Fsp3) is 0.154. The fourth-order valence-electron chi connectivity index (χ4n) is 1.93. The molecule has 0 aromatic carbocycles. The van der Waals surface area contributed by atoms with E-state index in [4.69, 9.17) is 5.11 Å². The molecule has 4 nitrogen and oxygen atoms in total. The molecular weight excluding hydrogens is 214 g/mol. The molecule has 3 aromatic rings. The van der Waals surface area contributed by atoms with Crippen LogP contribution in [0.25, 0.3) is 5.65 Å². The third-order valence-electron chi connectivity index (χ3n) is 2.75. The summed E-state index contributed by atoms with van der Waals surface area (Å²) in [6, 6.07) is 7.86. The van der Waals surface area contributed by atoms with E-state index in [0.717, 1.165) is 23.4 Å².